The third kappa shape index (κ3) is 6.50. The Hall–Kier alpha value is -7.98. The quantitative estimate of drug-likeness (QED) is 0.148. The fourth-order valence-corrected chi connectivity index (χ4v) is 10.6. The standard InChI is InChI=1S/C60H40N2S/c1-3-15-41(16-4-1)44-17-13-18-45(39-44)42-29-34-48(35-30-42)61(47-19-5-2-6-20-47)49-36-31-43(32-37-49)50-21-7-8-22-51(50)46-33-38-56-54(40-46)52-23-9-11-25-55(52)62(56)57-26-14-28-59-60(57)53-24-10-12-27-58(53)63-59/h1-40H. The summed E-state index contributed by atoms with van der Waals surface area (Å²) in [6, 6.07) is 88.2. The van der Waals surface area contributed by atoms with E-state index in [1.807, 2.05) is 11.3 Å². The van der Waals surface area contributed by atoms with Crippen LogP contribution in [0.4, 0.5) is 17.1 Å². The second-order valence-corrected chi connectivity index (χ2v) is 17.2. The van der Waals surface area contributed by atoms with E-state index in [0.717, 1.165) is 17.1 Å². The van der Waals surface area contributed by atoms with Gasteiger partial charge in [-0.15, -0.1) is 11.3 Å². The maximum Gasteiger partial charge on any atom is 0.0555 e. The number of thiophene rings is 1. The normalized spacial score (nSPS) is 11.5. The molecule has 0 bridgehead atoms. The molecule has 0 atom stereocenters. The van der Waals surface area contributed by atoms with Gasteiger partial charge in [0, 0.05) is 48.0 Å². The van der Waals surface area contributed by atoms with Gasteiger partial charge in [0.05, 0.1) is 16.7 Å². The van der Waals surface area contributed by atoms with Crippen molar-refractivity contribution in [2.45, 2.75) is 0 Å². The number of anilines is 3. The molecule has 0 saturated heterocycles. The molecule has 0 amide bonds. The van der Waals surface area contributed by atoms with Gasteiger partial charge in [-0.3, -0.25) is 0 Å². The summed E-state index contributed by atoms with van der Waals surface area (Å²) in [7, 11) is 0. The van der Waals surface area contributed by atoms with E-state index in [9.17, 15) is 0 Å². The van der Waals surface area contributed by atoms with E-state index in [2.05, 4.69) is 252 Å². The van der Waals surface area contributed by atoms with Crippen LogP contribution in [0.15, 0.2) is 243 Å². The Kier molecular flexibility index (Phi) is 9.06. The van der Waals surface area contributed by atoms with E-state index in [1.54, 1.807) is 0 Å². The summed E-state index contributed by atoms with van der Waals surface area (Å²) in [5, 5.41) is 5.12. The van der Waals surface area contributed by atoms with Crippen molar-refractivity contribution < 1.29 is 0 Å². The molecule has 2 aromatic heterocycles. The first kappa shape index (κ1) is 36.8. The van der Waals surface area contributed by atoms with Gasteiger partial charge in [-0.25, -0.2) is 0 Å². The Labute approximate surface area is 370 Å². The highest BCUT2D eigenvalue weighted by molar-refractivity contribution is 7.25. The SMILES string of the molecule is c1ccc(-c2cccc(-c3ccc(N(c4ccccc4)c4ccc(-c5ccccc5-c5ccc6c(c5)c5ccccc5n6-c5cccc6sc7ccccc7c56)cc4)cc3)c2)cc1. The van der Waals surface area contributed by atoms with Crippen LogP contribution < -0.4 is 4.90 Å². The number of hydrogen-bond donors (Lipinski definition) is 0. The summed E-state index contributed by atoms with van der Waals surface area (Å²) in [6.07, 6.45) is 0. The first-order chi connectivity index (χ1) is 31.2. The first-order valence-corrected chi connectivity index (χ1v) is 22.3. The van der Waals surface area contributed by atoms with Crippen LogP contribution in [0.3, 0.4) is 0 Å². The monoisotopic (exact) mass is 820 g/mol. The first-order valence-electron chi connectivity index (χ1n) is 21.5. The zero-order chi connectivity index (χ0) is 41.7. The van der Waals surface area contributed by atoms with Gasteiger partial charge in [0.1, 0.15) is 0 Å². The highest BCUT2D eigenvalue weighted by Gasteiger charge is 2.19. The molecule has 63 heavy (non-hydrogen) atoms. The van der Waals surface area contributed by atoms with Crippen LogP contribution in [0.2, 0.25) is 0 Å². The van der Waals surface area contributed by atoms with E-state index in [-0.39, 0.29) is 0 Å². The lowest BCUT2D eigenvalue weighted by Gasteiger charge is -2.26. The average molecular weight is 821 g/mol. The molecule has 0 unspecified atom stereocenters. The molecule has 0 aliphatic carbocycles. The number of para-hydroxylation sites is 2. The topological polar surface area (TPSA) is 8.17 Å². The molecule has 0 aliphatic rings. The number of benzene rings is 10. The Morgan fingerprint density at radius 1 is 0.302 bits per heavy atom. The minimum Gasteiger partial charge on any atom is -0.311 e. The summed E-state index contributed by atoms with van der Waals surface area (Å²) in [6.45, 7) is 0. The van der Waals surface area contributed by atoms with Crippen molar-refractivity contribution in [1.29, 1.82) is 0 Å². The summed E-state index contributed by atoms with van der Waals surface area (Å²) in [5.74, 6) is 0. The third-order valence-electron chi connectivity index (χ3n) is 12.4. The molecule has 12 rings (SSSR count). The number of hydrogen-bond acceptors (Lipinski definition) is 2. The third-order valence-corrected chi connectivity index (χ3v) is 13.5. The molecule has 296 valence electrons. The van der Waals surface area contributed by atoms with Crippen molar-refractivity contribution in [1.82, 2.24) is 4.57 Å². The van der Waals surface area contributed by atoms with Gasteiger partial charge < -0.3 is 9.47 Å². The Morgan fingerprint density at radius 2 is 0.810 bits per heavy atom. The van der Waals surface area contributed by atoms with Crippen molar-refractivity contribution in [3.8, 4) is 50.2 Å². The summed E-state index contributed by atoms with van der Waals surface area (Å²) >= 11 is 1.87. The summed E-state index contributed by atoms with van der Waals surface area (Å²) in [5.41, 5.74) is 16.6. The van der Waals surface area contributed by atoms with Gasteiger partial charge in [-0.2, -0.15) is 0 Å². The fourth-order valence-electron chi connectivity index (χ4n) is 9.46. The van der Waals surface area contributed by atoms with E-state index in [4.69, 9.17) is 0 Å². The van der Waals surface area contributed by atoms with Gasteiger partial charge in [0.2, 0.25) is 0 Å². The lowest BCUT2D eigenvalue weighted by Crippen LogP contribution is -2.09. The molecule has 0 spiro atoms. The molecule has 0 aliphatic heterocycles. The fraction of sp³-hybridized carbons (Fsp3) is 0. The summed E-state index contributed by atoms with van der Waals surface area (Å²) < 4.78 is 5.09. The Balaban J connectivity index is 0.907. The maximum absolute atomic E-state index is 2.47. The van der Waals surface area contributed by atoms with Crippen LogP contribution in [0.25, 0.3) is 92.2 Å². The van der Waals surface area contributed by atoms with E-state index in [0.29, 0.717) is 0 Å². The van der Waals surface area contributed by atoms with E-state index < -0.39 is 0 Å². The van der Waals surface area contributed by atoms with Gasteiger partial charge in [-0.1, -0.05) is 164 Å². The largest absolute Gasteiger partial charge is 0.311 e. The highest BCUT2D eigenvalue weighted by Crippen LogP contribution is 2.43. The molecular formula is C60H40N2S. The zero-order valence-electron chi connectivity index (χ0n) is 34.4. The number of fused-ring (bicyclic) bond motifs is 6. The van der Waals surface area contributed by atoms with Crippen molar-refractivity contribution in [2.75, 3.05) is 4.90 Å². The molecule has 0 saturated carbocycles. The predicted molar refractivity (Wildman–Crippen MR) is 270 cm³/mol. The number of aromatic nitrogens is 1. The Bertz CT molecular complexity index is 3600. The van der Waals surface area contributed by atoms with Crippen LogP contribution in [-0.2, 0) is 0 Å². The van der Waals surface area contributed by atoms with Crippen molar-refractivity contribution in [3.63, 3.8) is 0 Å². The lowest BCUT2D eigenvalue weighted by molar-refractivity contribution is 1.20. The average Bonchev–Trinajstić information content (AvgIpc) is 3.91. The maximum atomic E-state index is 2.47. The van der Waals surface area contributed by atoms with Crippen LogP contribution in [-0.4, -0.2) is 4.57 Å². The van der Waals surface area contributed by atoms with Crippen molar-refractivity contribution >= 4 is 70.4 Å². The van der Waals surface area contributed by atoms with Crippen molar-refractivity contribution in [3.05, 3.63) is 243 Å². The second-order valence-electron chi connectivity index (χ2n) is 16.1. The summed E-state index contributed by atoms with van der Waals surface area (Å²) in [4.78, 5) is 2.34. The molecule has 0 fully saturated rings. The molecule has 0 N–H and O–H groups in total. The molecule has 3 heteroatoms. The predicted octanol–water partition coefficient (Wildman–Crippen LogP) is 17.3. The van der Waals surface area contributed by atoms with Gasteiger partial charge in [0.25, 0.3) is 0 Å². The molecular weight excluding hydrogens is 781 g/mol. The molecule has 10 aromatic carbocycles. The minimum atomic E-state index is 1.10. The Morgan fingerprint density at radius 3 is 1.56 bits per heavy atom. The van der Waals surface area contributed by atoms with Gasteiger partial charge >= 0.3 is 0 Å². The minimum absolute atomic E-state index is 1.10. The van der Waals surface area contributed by atoms with Crippen LogP contribution in [0, 0.1) is 0 Å². The lowest BCUT2D eigenvalue weighted by atomic mass is 9.93. The zero-order valence-corrected chi connectivity index (χ0v) is 35.2. The van der Waals surface area contributed by atoms with E-state index in [1.165, 1.54) is 92.2 Å². The molecule has 2 nitrogen and oxygen atoms in total. The van der Waals surface area contributed by atoms with Crippen LogP contribution in [0.5, 0.6) is 0 Å². The molecule has 2 heterocycles. The molecule has 0 radical (unpaired) electrons. The van der Waals surface area contributed by atoms with Gasteiger partial charge in [0.15, 0.2) is 0 Å². The number of nitrogens with zero attached hydrogens (tertiary/aromatic N) is 2. The van der Waals surface area contributed by atoms with Gasteiger partial charge in [-0.05, 0) is 123 Å². The smallest absolute Gasteiger partial charge is 0.0555 e. The number of rotatable bonds is 8. The van der Waals surface area contributed by atoms with Crippen LogP contribution >= 0.6 is 11.3 Å². The highest BCUT2D eigenvalue weighted by atomic mass is 32.1. The van der Waals surface area contributed by atoms with E-state index >= 15 is 0 Å². The molecule has 12 aromatic rings. The van der Waals surface area contributed by atoms with Crippen molar-refractivity contribution in [2.24, 2.45) is 0 Å². The second kappa shape index (κ2) is 15.5. The van der Waals surface area contributed by atoms with Crippen LogP contribution in [0.1, 0.15) is 0 Å².